The molecule has 0 saturated carbocycles. The highest BCUT2D eigenvalue weighted by atomic mass is 19.1. The molecule has 3 N–H and O–H groups in total. The summed E-state index contributed by atoms with van der Waals surface area (Å²) in [6, 6.07) is 2.99. The Hall–Kier alpha value is -1.33. The van der Waals surface area contributed by atoms with E-state index in [0.717, 1.165) is 0 Å². The Morgan fingerprint density at radius 3 is 2.56 bits per heavy atom. The van der Waals surface area contributed by atoms with Crippen molar-refractivity contribution in [1.29, 1.82) is 0 Å². The maximum Gasteiger partial charge on any atom is 0.164 e. The van der Waals surface area contributed by atoms with Gasteiger partial charge in [-0.05, 0) is 24.0 Å². The molecule has 2 unspecified atom stereocenters. The van der Waals surface area contributed by atoms with Crippen molar-refractivity contribution in [1.82, 2.24) is 0 Å². The molecule has 1 aromatic carbocycles. The van der Waals surface area contributed by atoms with Crippen molar-refractivity contribution >= 4 is 0 Å². The van der Waals surface area contributed by atoms with Crippen molar-refractivity contribution in [3.8, 4) is 11.5 Å². The molecule has 1 aliphatic heterocycles. The minimum absolute atomic E-state index is 0.126. The Balaban J connectivity index is 2.22. The highest BCUT2D eigenvalue weighted by molar-refractivity contribution is 5.45. The van der Waals surface area contributed by atoms with Gasteiger partial charge in [0.2, 0.25) is 0 Å². The van der Waals surface area contributed by atoms with Crippen molar-refractivity contribution < 1.29 is 19.0 Å². The van der Waals surface area contributed by atoms with Crippen LogP contribution < -0.4 is 15.2 Å². The van der Waals surface area contributed by atoms with Gasteiger partial charge in [-0.1, -0.05) is 6.92 Å². The third kappa shape index (κ3) is 2.73. The maximum absolute atomic E-state index is 13.9. The standard InChI is InChI=1S/C13H18FNO3/c1-8(4-9(16)7-15)10-5-12-13(6-11(10)14)18-3-2-17-12/h5-6,8-9,16H,2-4,7,15H2,1H3. The zero-order valence-corrected chi connectivity index (χ0v) is 10.4. The molecule has 1 aromatic rings. The summed E-state index contributed by atoms with van der Waals surface area (Å²) in [6.07, 6.45) is -0.194. The predicted octanol–water partition coefficient (Wildman–Crippen LogP) is 1.41. The van der Waals surface area contributed by atoms with E-state index < -0.39 is 6.10 Å². The van der Waals surface area contributed by atoms with Gasteiger partial charge < -0.3 is 20.3 Å². The zero-order valence-electron chi connectivity index (χ0n) is 10.4. The molecule has 0 aromatic heterocycles. The van der Waals surface area contributed by atoms with Crippen molar-refractivity contribution in [2.75, 3.05) is 19.8 Å². The first kappa shape index (κ1) is 13.1. The average Bonchev–Trinajstić information content (AvgIpc) is 2.37. The van der Waals surface area contributed by atoms with E-state index in [2.05, 4.69) is 0 Å². The second-order valence-electron chi connectivity index (χ2n) is 4.54. The monoisotopic (exact) mass is 255 g/mol. The Bertz CT molecular complexity index is 425. The Morgan fingerprint density at radius 2 is 1.94 bits per heavy atom. The molecular formula is C13H18FNO3. The van der Waals surface area contributed by atoms with Crippen LogP contribution in [0.15, 0.2) is 12.1 Å². The van der Waals surface area contributed by atoms with Crippen LogP contribution >= 0.6 is 0 Å². The highest BCUT2D eigenvalue weighted by Crippen LogP contribution is 2.36. The first-order chi connectivity index (χ1) is 8.61. The van der Waals surface area contributed by atoms with Gasteiger partial charge in [0.25, 0.3) is 0 Å². The third-order valence-corrected chi connectivity index (χ3v) is 3.09. The number of aliphatic hydroxyl groups is 1. The van der Waals surface area contributed by atoms with Gasteiger partial charge in [-0.15, -0.1) is 0 Å². The maximum atomic E-state index is 13.9. The molecule has 0 amide bonds. The fraction of sp³-hybridized carbons (Fsp3) is 0.538. The molecule has 2 atom stereocenters. The predicted molar refractivity (Wildman–Crippen MR) is 65.5 cm³/mol. The quantitative estimate of drug-likeness (QED) is 0.853. The summed E-state index contributed by atoms with van der Waals surface area (Å²) in [4.78, 5) is 0. The minimum Gasteiger partial charge on any atom is -0.486 e. The van der Waals surface area contributed by atoms with Crippen LogP contribution in [0.25, 0.3) is 0 Å². The summed E-state index contributed by atoms with van der Waals surface area (Å²) in [7, 11) is 0. The second-order valence-corrected chi connectivity index (χ2v) is 4.54. The fourth-order valence-electron chi connectivity index (χ4n) is 2.09. The van der Waals surface area contributed by atoms with Gasteiger partial charge in [-0.25, -0.2) is 4.39 Å². The number of halogens is 1. The Morgan fingerprint density at radius 1 is 1.33 bits per heavy atom. The van der Waals surface area contributed by atoms with Gasteiger partial charge in [0.05, 0.1) is 6.10 Å². The summed E-state index contributed by atoms with van der Waals surface area (Å²) in [6.45, 7) is 2.94. The smallest absolute Gasteiger partial charge is 0.164 e. The normalized spacial score (nSPS) is 17.3. The van der Waals surface area contributed by atoms with E-state index in [1.54, 1.807) is 6.07 Å². The first-order valence-corrected chi connectivity index (χ1v) is 6.09. The van der Waals surface area contributed by atoms with E-state index in [4.69, 9.17) is 15.2 Å². The number of hydrogen-bond acceptors (Lipinski definition) is 4. The molecule has 2 rings (SSSR count). The second kappa shape index (κ2) is 5.54. The molecule has 0 bridgehead atoms. The van der Waals surface area contributed by atoms with Crippen molar-refractivity contribution in [3.05, 3.63) is 23.5 Å². The lowest BCUT2D eigenvalue weighted by Gasteiger charge is -2.22. The number of aliphatic hydroxyl groups excluding tert-OH is 1. The molecular weight excluding hydrogens is 237 g/mol. The lowest BCUT2D eigenvalue weighted by Crippen LogP contribution is -2.22. The van der Waals surface area contributed by atoms with Crippen LogP contribution in [-0.4, -0.2) is 31.0 Å². The van der Waals surface area contributed by atoms with Crippen LogP contribution in [0.2, 0.25) is 0 Å². The molecule has 1 heterocycles. The summed E-state index contributed by atoms with van der Waals surface area (Å²) in [5.41, 5.74) is 5.88. The summed E-state index contributed by atoms with van der Waals surface area (Å²) in [5, 5.41) is 9.52. The van der Waals surface area contributed by atoms with Crippen molar-refractivity contribution in [2.24, 2.45) is 5.73 Å². The number of hydrogen-bond donors (Lipinski definition) is 2. The van der Waals surface area contributed by atoms with E-state index in [-0.39, 0.29) is 18.3 Å². The van der Waals surface area contributed by atoms with Crippen LogP contribution in [0, 0.1) is 5.82 Å². The largest absolute Gasteiger partial charge is 0.486 e. The molecule has 4 nitrogen and oxygen atoms in total. The SMILES string of the molecule is CC(CC(O)CN)c1cc2c(cc1F)OCCO2. The van der Waals surface area contributed by atoms with Crippen molar-refractivity contribution in [2.45, 2.75) is 25.4 Å². The molecule has 100 valence electrons. The molecule has 5 heteroatoms. The highest BCUT2D eigenvalue weighted by Gasteiger charge is 2.20. The Kier molecular flexibility index (Phi) is 4.04. The molecule has 0 spiro atoms. The number of ether oxygens (including phenoxy) is 2. The average molecular weight is 255 g/mol. The van der Waals surface area contributed by atoms with E-state index in [1.165, 1.54) is 6.07 Å². The lowest BCUT2D eigenvalue weighted by molar-refractivity contribution is 0.162. The first-order valence-electron chi connectivity index (χ1n) is 6.09. The minimum atomic E-state index is -0.618. The van der Waals surface area contributed by atoms with Gasteiger partial charge in [0.1, 0.15) is 19.0 Å². The summed E-state index contributed by atoms with van der Waals surface area (Å²) >= 11 is 0. The van der Waals surface area contributed by atoms with Crippen molar-refractivity contribution in [3.63, 3.8) is 0 Å². The van der Waals surface area contributed by atoms with Gasteiger partial charge in [0.15, 0.2) is 11.5 Å². The van der Waals surface area contributed by atoms with Gasteiger partial charge in [-0.3, -0.25) is 0 Å². The van der Waals surface area contributed by atoms with Gasteiger partial charge in [-0.2, -0.15) is 0 Å². The van der Waals surface area contributed by atoms with Crippen LogP contribution in [0.3, 0.4) is 0 Å². The summed E-state index contributed by atoms with van der Waals surface area (Å²) < 4.78 is 24.7. The zero-order chi connectivity index (χ0) is 13.1. The van der Waals surface area contributed by atoms with Crippen LogP contribution in [0.4, 0.5) is 4.39 Å². The van der Waals surface area contributed by atoms with E-state index >= 15 is 0 Å². The van der Waals surface area contributed by atoms with Gasteiger partial charge >= 0.3 is 0 Å². The molecule has 1 aliphatic rings. The number of rotatable bonds is 4. The van der Waals surface area contributed by atoms with E-state index in [0.29, 0.717) is 36.7 Å². The topological polar surface area (TPSA) is 64.7 Å². The molecule has 0 aliphatic carbocycles. The fourth-order valence-corrected chi connectivity index (χ4v) is 2.09. The number of nitrogens with two attached hydrogens (primary N) is 1. The molecule has 18 heavy (non-hydrogen) atoms. The lowest BCUT2D eigenvalue weighted by atomic mass is 9.94. The summed E-state index contributed by atoms with van der Waals surface area (Å²) in [5.74, 6) is 0.538. The van der Waals surface area contributed by atoms with Gasteiger partial charge in [0, 0.05) is 12.6 Å². The van der Waals surface area contributed by atoms with E-state index in [9.17, 15) is 9.50 Å². The Labute approximate surface area is 106 Å². The number of fused-ring (bicyclic) bond motifs is 1. The number of benzene rings is 1. The van der Waals surface area contributed by atoms with E-state index in [1.807, 2.05) is 6.92 Å². The molecule has 0 saturated heterocycles. The van der Waals surface area contributed by atoms with Crippen LogP contribution in [0.5, 0.6) is 11.5 Å². The molecule has 0 fully saturated rings. The third-order valence-electron chi connectivity index (χ3n) is 3.09. The van der Waals surface area contributed by atoms with Crippen LogP contribution in [0.1, 0.15) is 24.8 Å². The van der Waals surface area contributed by atoms with Crippen LogP contribution in [-0.2, 0) is 0 Å². The molecule has 0 radical (unpaired) electrons.